The third kappa shape index (κ3) is 6.55. The summed E-state index contributed by atoms with van der Waals surface area (Å²) in [6.07, 6.45) is 2.90. The Morgan fingerprint density at radius 3 is 2.46 bits per heavy atom. The summed E-state index contributed by atoms with van der Waals surface area (Å²) >= 11 is 0. The lowest BCUT2D eigenvalue weighted by Crippen LogP contribution is -2.47. The number of aryl methyl sites for hydroxylation is 1. The number of carbonyl (C=O) groups excluding carboxylic acids is 3. The molecule has 1 fully saturated rings. The molecule has 1 atom stereocenters. The van der Waals surface area contributed by atoms with Gasteiger partial charge >= 0.3 is 12.0 Å². The summed E-state index contributed by atoms with van der Waals surface area (Å²) in [4.78, 5) is 35.8. The fourth-order valence-electron chi connectivity index (χ4n) is 3.06. The van der Waals surface area contributed by atoms with Crippen LogP contribution in [0.25, 0.3) is 0 Å². The lowest BCUT2D eigenvalue weighted by atomic mass is 10.0. The highest BCUT2D eigenvalue weighted by atomic mass is 16.6. The van der Waals surface area contributed by atoms with E-state index in [9.17, 15) is 14.4 Å². The topological polar surface area (TPSA) is 93.7 Å². The highest BCUT2D eigenvalue weighted by Crippen LogP contribution is 2.24. The SMILES string of the molecule is Cc1ccc(C(C)C)cc1OCC(=O)O[C@@H](C)C(=O)NC(=O)NC1CCCC1. The first-order valence-electron chi connectivity index (χ1n) is 9.80. The first kappa shape index (κ1) is 21.7. The number of hydrogen-bond acceptors (Lipinski definition) is 5. The van der Waals surface area contributed by atoms with Crippen LogP contribution in [0.15, 0.2) is 18.2 Å². The molecule has 0 saturated heterocycles. The van der Waals surface area contributed by atoms with Gasteiger partial charge in [-0.15, -0.1) is 0 Å². The molecule has 28 heavy (non-hydrogen) atoms. The molecule has 0 heterocycles. The van der Waals surface area contributed by atoms with Gasteiger partial charge in [-0.3, -0.25) is 10.1 Å². The average molecular weight is 390 g/mol. The van der Waals surface area contributed by atoms with Crippen molar-refractivity contribution in [3.05, 3.63) is 29.3 Å². The fraction of sp³-hybridized carbons (Fsp3) is 0.571. The van der Waals surface area contributed by atoms with E-state index in [4.69, 9.17) is 9.47 Å². The zero-order valence-electron chi connectivity index (χ0n) is 17.0. The number of rotatable bonds is 7. The minimum atomic E-state index is -1.09. The third-order valence-electron chi connectivity index (χ3n) is 4.83. The van der Waals surface area contributed by atoms with Crippen LogP contribution in [0, 0.1) is 6.92 Å². The Kier molecular flexibility index (Phi) is 7.84. The van der Waals surface area contributed by atoms with Gasteiger partial charge in [0.15, 0.2) is 12.7 Å². The summed E-state index contributed by atoms with van der Waals surface area (Å²) in [5, 5.41) is 4.96. The third-order valence-corrected chi connectivity index (χ3v) is 4.83. The molecule has 2 rings (SSSR count). The molecular formula is C21H30N2O5. The maximum Gasteiger partial charge on any atom is 0.344 e. The van der Waals surface area contributed by atoms with Gasteiger partial charge in [0, 0.05) is 6.04 Å². The van der Waals surface area contributed by atoms with Gasteiger partial charge in [0.25, 0.3) is 5.91 Å². The molecule has 1 aliphatic rings. The number of carbonyl (C=O) groups is 3. The summed E-state index contributed by atoms with van der Waals surface area (Å²) in [7, 11) is 0. The van der Waals surface area contributed by atoms with Crippen molar-refractivity contribution in [1.29, 1.82) is 0 Å². The van der Waals surface area contributed by atoms with Gasteiger partial charge in [0.1, 0.15) is 5.75 Å². The second-order valence-corrected chi connectivity index (χ2v) is 7.54. The van der Waals surface area contributed by atoms with Crippen LogP contribution in [0.5, 0.6) is 5.75 Å². The molecule has 0 radical (unpaired) electrons. The van der Waals surface area contributed by atoms with Gasteiger partial charge in [0.2, 0.25) is 0 Å². The van der Waals surface area contributed by atoms with Crippen LogP contribution in [0.2, 0.25) is 0 Å². The standard InChI is InChI=1S/C21H30N2O5/c1-13(2)16-10-9-14(3)18(11-16)27-12-19(24)28-15(4)20(25)23-21(26)22-17-7-5-6-8-17/h9-11,13,15,17H,5-8,12H2,1-4H3,(H2,22,23,25,26)/t15-/m0/s1. The Morgan fingerprint density at radius 1 is 1.14 bits per heavy atom. The molecule has 0 unspecified atom stereocenters. The molecule has 7 heteroatoms. The first-order chi connectivity index (χ1) is 13.3. The maximum absolute atomic E-state index is 12.0. The molecule has 1 saturated carbocycles. The van der Waals surface area contributed by atoms with Crippen LogP contribution in [0.3, 0.4) is 0 Å². The molecule has 1 aromatic carbocycles. The Bertz CT molecular complexity index is 711. The van der Waals surface area contributed by atoms with E-state index < -0.39 is 24.0 Å². The summed E-state index contributed by atoms with van der Waals surface area (Å²) in [5.74, 6) is -0.389. The maximum atomic E-state index is 12.0. The van der Waals surface area contributed by atoms with Gasteiger partial charge in [-0.25, -0.2) is 9.59 Å². The Balaban J connectivity index is 1.77. The van der Waals surface area contributed by atoms with Crippen LogP contribution in [0.4, 0.5) is 4.79 Å². The number of ether oxygens (including phenoxy) is 2. The van der Waals surface area contributed by atoms with Crippen molar-refractivity contribution in [3.8, 4) is 5.75 Å². The average Bonchev–Trinajstić information content (AvgIpc) is 3.13. The molecule has 2 N–H and O–H groups in total. The monoisotopic (exact) mass is 390 g/mol. The Hall–Kier alpha value is -2.57. The normalized spacial score (nSPS) is 15.2. The number of amides is 3. The van der Waals surface area contributed by atoms with Gasteiger partial charge in [0.05, 0.1) is 0 Å². The molecule has 3 amide bonds. The molecule has 0 aromatic heterocycles. The lowest BCUT2D eigenvalue weighted by Gasteiger charge is -2.16. The zero-order chi connectivity index (χ0) is 20.7. The Morgan fingerprint density at radius 2 is 1.82 bits per heavy atom. The number of hydrogen-bond donors (Lipinski definition) is 2. The van der Waals surface area contributed by atoms with Gasteiger partial charge in [-0.05, 0) is 49.8 Å². The minimum absolute atomic E-state index is 0.101. The number of benzene rings is 1. The molecule has 0 aliphatic heterocycles. The highest BCUT2D eigenvalue weighted by Gasteiger charge is 2.23. The van der Waals surface area contributed by atoms with Crippen LogP contribution in [-0.2, 0) is 14.3 Å². The number of imide groups is 1. The van der Waals surface area contributed by atoms with Crippen LogP contribution >= 0.6 is 0 Å². The Labute approximate surface area is 166 Å². The van der Waals surface area contributed by atoms with E-state index in [0.29, 0.717) is 11.7 Å². The number of nitrogens with one attached hydrogen (secondary N) is 2. The van der Waals surface area contributed by atoms with Crippen molar-refractivity contribution in [2.24, 2.45) is 0 Å². The second kappa shape index (κ2) is 10.1. The minimum Gasteiger partial charge on any atom is -0.482 e. The summed E-state index contributed by atoms with van der Waals surface area (Å²) in [5.41, 5.74) is 2.02. The van der Waals surface area contributed by atoms with E-state index in [0.717, 1.165) is 36.8 Å². The van der Waals surface area contributed by atoms with E-state index in [1.807, 2.05) is 25.1 Å². The fourth-order valence-corrected chi connectivity index (χ4v) is 3.06. The van der Waals surface area contributed by atoms with Crippen LogP contribution in [0.1, 0.15) is 63.5 Å². The number of urea groups is 1. The highest BCUT2D eigenvalue weighted by molar-refractivity contribution is 5.97. The molecule has 7 nitrogen and oxygen atoms in total. The summed E-state index contributed by atoms with van der Waals surface area (Å²) < 4.78 is 10.6. The van der Waals surface area contributed by atoms with Crippen molar-refractivity contribution in [2.45, 2.75) is 71.4 Å². The van der Waals surface area contributed by atoms with Gasteiger partial charge < -0.3 is 14.8 Å². The van der Waals surface area contributed by atoms with Crippen molar-refractivity contribution in [1.82, 2.24) is 10.6 Å². The predicted molar refractivity (Wildman–Crippen MR) is 105 cm³/mol. The predicted octanol–water partition coefficient (Wildman–Crippen LogP) is 3.20. The zero-order valence-corrected chi connectivity index (χ0v) is 17.0. The quantitative estimate of drug-likeness (QED) is 0.698. The molecule has 0 spiro atoms. The van der Waals surface area contributed by atoms with E-state index in [-0.39, 0.29) is 12.6 Å². The smallest absolute Gasteiger partial charge is 0.344 e. The summed E-state index contributed by atoms with van der Waals surface area (Å²) in [6, 6.07) is 5.40. The van der Waals surface area contributed by atoms with Gasteiger partial charge in [-0.2, -0.15) is 0 Å². The van der Waals surface area contributed by atoms with E-state index in [1.165, 1.54) is 6.92 Å². The lowest BCUT2D eigenvalue weighted by molar-refractivity contribution is -0.156. The van der Waals surface area contributed by atoms with Crippen molar-refractivity contribution >= 4 is 17.9 Å². The van der Waals surface area contributed by atoms with Gasteiger partial charge in [-0.1, -0.05) is 38.8 Å². The van der Waals surface area contributed by atoms with Crippen molar-refractivity contribution in [2.75, 3.05) is 6.61 Å². The molecule has 1 aliphatic carbocycles. The van der Waals surface area contributed by atoms with Crippen LogP contribution < -0.4 is 15.4 Å². The van der Waals surface area contributed by atoms with E-state index >= 15 is 0 Å². The molecule has 154 valence electrons. The number of esters is 1. The molecule has 0 bridgehead atoms. The molecule has 1 aromatic rings. The summed E-state index contributed by atoms with van der Waals surface area (Å²) in [6.45, 7) is 7.15. The molecular weight excluding hydrogens is 360 g/mol. The van der Waals surface area contributed by atoms with E-state index in [1.54, 1.807) is 0 Å². The second-order valence-electron chi connectivity index (χ2n) is 7.54. The largest absolute Gasteiger partial charge is 0.482 e. The first-order valence-corrected chi connectivity index (χ1v) is 9.80. The van der Waals surface area contributed by atoms with Crippen LogP contribution in [-0.4, -0.2) is 36.7 Å². The van der Waals surface area contributed by atoms with E-state index in [2.05, 4.69) is 24.5 Å². The van der Waals surface area contributed by atoms with Crippen molar-refractivity contribution in [3.63, 3.8) is 0 Å². The van der Waals surface area contributed by atoms with Crippen molar-refractivity contribution < 1.29 is 23.9 Å².